The highest BCUT2D eigenvalue weighted by atomic mass is 79.9. The van der Waals surface area contributed by atoms with Crippen molar-refractivity contribution in [2.24, 2.45) is 0 Å². The lowest BCUT2D eigenvalue weighted by atomic mass is 10.2. The van der Waals surface area contributed by atoms with E-state index < -0.39 is 0 Å². The van der Waals surface area contributed by atoms with Gasteiger partial charge in [0.05, 0.1) is 10.2 Å². The number of fused-ring (bicyclic) bond motifs is 1. The van der Waals surface area contributed by atoms with Crippen molar-refractivity contribution in [2.45, 2.75) is 20.3 Å². The summed E-state index contributed by atoms with van der Waals surface area (Å²) in [6, 6.07) is 7.65. The minimum Gasteiger partial charge on any atom is -0.321 e. The van der Waals surface area contributed by atoms with Crippen LogP contribution in [0.15, 0.2) is 41.0 Å². The van der Waals surface area contributed by atoms with Gasteiger partial charge in [0.1, 0.15) is 11.5 Å². The fraction of sp³-hybridized carbons (Fsp3) is 0.176. The van der Waals surface area contributed by atoms with Gasteiger partial charge in [0, 0.05) is 11.9 Å². The van der Waals surface area contributed by atoms with Crippen LogP contribution in [0.1, 0.15) is 28.7 Å². The van der Waals surface area contributed by atoms with Gasteiger partial charge < -0.3 is 5.32 Å². The van der Waals surface area contributed by atoms with Gasteiger partial charge in [-0.2, -0.15) is 0 Å². The molecular formula is C17H15BrFN3O. The van der Waals surface area contributed by atoms with Crippen LogP contribution in [0.3, 0.4) is 0 Å². The number of imidazole rings is 1. The Labute approximate surface area is 141 Å². The highest BCUT2D eigenvalue weighted by molar-refractivity contribution is 9.10. The maximum atomic E-state index is 13.0. The normalized spacial score (nSPS) is 11.0. The molecular weight excluding hydrogens is 361 g/mol. The Morgan fingerprint density at radius 1 is 1.35 bits per heavy atom. The Morgan fingerprint density at radius 2 is 2.04 bits per heavy atom. The summed E-state index contributed by atoms with van der Waals surface area (Å²) < 4.78 is 15.6. The molecule has 0 radical (unpaired) electrons. The first-order valence-corrected chi connectivity index (χ1v) is 8.03. The van der Waals surface area contributed by atoms with Gasteiger partial charge in [-0.15, -0.1) is 0 Å². The summed E-state index contributed by atoms with van der Waals surface area (Å²) in [6.45, 7) is 3.91. The van der Waals surface area contributed by atoms with Gasteiger partial charge in [0.25, 0.3) is 5.91 Å². The number of amides is 1. The highest BCUT2D eigenvalue weighted by Gasteiger charge is 2.20. The minimum atomic E-state index is -0.341. The maximum Gasteiger partial charge on any atom is 0.274 e. The molecule has 0 aliphatic heterocycles. The molecule has 3 aromatic rings. The SMILES string of the molecule is CCc1nc2c(Br)cc(C)cn2c1C(=O)Nc1ccc(F)cc1. The zero-order chi connectivity index (χ0) is 16.6. The largest absolute Gasteiger partial charge is 0.321 e. The first-order chi connectivity index (χ1) is 11.0. The molecule has 0 saturated heterocycles. The van der Waals surface area contributed by atoms with E-state index in [1.165, 1.54) is 24.3 Å². The van der Waals surface area contributed by atoms with Crippen LogP contribution >= 0.6 is 15.9 Å². The zero-order valence-corrected chi connectivity index (χ0v) is 14.3. The number of aromatic nitrogens is 2. The molecule has 0 atom stereocenters. The fourth-order valence-corrected chi connectivity index (χ4v) is 3.13. The molecule has 4 nitrogen and oxygen atoms in total. The smallest absolute Gasteiger partial charge is 0.274 e. The minimum absolute atomic E-state index is 0.265. The summed E-state index contributed by atoms with van der Waals surface area (Å²) in [4.78, 5) is 17.2. The fourth-order valence-electron chi connectivity index (χ4n) is 2.49. The predicted octanol–water partition coefficient (Wildman–Crippen LogP) is 4.36. The summed E-state index contributed by atoms with van der Waals surface area (Å²) in [7, 11) is 0. The summed E-state index contributed by atoms with van der Waals surface area (Å²) in [5, 5.41) is 2.80. The van der Waals surface area contributed by atoms with Gasteiger partial charge in [-0.1, -0.05) is 6.92 Å². The van der Waals surface area contributed by atoms with Crippen molar-refractivity contribution < 1.29 is 9.18 Å². The van der Waals surface area contributed by atoms with Crippen molar-refractivity contribution in [3.8, 4) is 0 Å². The van der Waals surface area contributed by atoms with Gasteiger partial charge in [-0.05, 0) is 65.2 Å². The van der Waals surface area contributed by atoms with E-state index in [1.807, 2.05) is 26.1 Å². The standard InChI is InChI=1S/C17H15BrFN3O/c1-3-14-15(17(23)20-12-6-4-11(19)5-7-12)22-9-10(2)8-13(18)16(22)21-14/h4-9H,3H2,1-2H3,(H,20,23). The van der Waals surface area contributed by atoms with Crippen LogP contribution in [-0.4, -0.2) is 15.3 Å². The summed E-state index contributed by atoms with van der Waals surface area (Å²) in [5.74, 6) is -0.606. The summed E-state index contributed by atoms with van der Waals surface area (Å²) in [5.41, 5.74) is 3.48. The molecule has 3 rings (SSSR count). The van der Waals surface area contributed by atoms with E-state index in [-0.39, 0.29) is 11.7 Å². The number of aryl methyl sites for hydroxylation is 2. The molecule has 0 spiro atoms. The number of carbonyl (C=O) groups is 1. The monoisotopic (exact) mass is 375 g/mol. The third-order valence-electron chi connectivity index (χ3n) is 3.54. The first-order valence-electron chi connectivity index (χ1n) is 7.23. The lowest BCUT2D eigenvalue weighted by molar-refractivity contribution is 0.102. The summed E-state index contributed by atoms with van der Waals surface area (Å²) in [6.07, 6.45) is 2.52. The summed E-state index contributed by atoms with van der Waals surface area (Å²) >= 11 is 3.49. The molecule has 118 valence electrons. The zero-order valence-electron chi connectivity index (χ0n) is 12.7. The van der Waals surface area contributed by atoms with Crippen LogP contribution < -0.4 is 5.32 Å². The second-order valence-corrected chi connectivity index (χ2v) is 6.14. The molecule has 2 heterocycles. The molecule has 6 heteroatoms. The quantitative estimate of drug-likeness (QED) is 0.739. The van der Waals surface area contributed by atoms with Crippen molar-refractivity contribution >= 4 is 33.2 Å². The van der Waals surface area contributed by atoms with Gasteiger partial charge in [-0.3, -0.25) is 9.20 Å². The number of hydrogen-bond donors (Lipinski definition) is 1. The number of pyridine rings is 1. The number of benzene rings is 1. The number of halogens is 2. The highest BCUT2D eigenvalue weighted by Crippen LogP contribution is 2.23. The lowest BCUT2D eigenvalue weighted by Crippen LogP contribution is -2.16. The molecule has 1 amide bonds. The van der Waals surface area contributed by atoms with Crippen molar-refractivity contribution in [3.05, 3.63) is 63.8 Å². The van der Waals surface area contributed by atoms with Gasteiger partial charge in [-0.25, -0.2) is 9.37 Å². The number of anilines is 1. The van der Waals surface area contributed by atoms with Crippen LogP contribution in [0.2, 0.25) is 0 Å². The molecule has 0 saturated carbocycles. The van der Waals surface area contributed by atoms with Crippen molar-refractivity contribution in [2.75, 3.05) is 5.32 Å². The Bertz CT molecular complexity index is 887. The van der Waals surface area contributed by atoms with Crippen LogP contribution in [0.5, 0.6) is 0 Å². The van der Waals surface area contributed by atoms with E-state index in [0.717, 1.165) is 15.7 Å². The second kappa shape index (κ2) is 6.12. The Balaban J connectivity index is 2.07. The van der Waals surface area contributed by atoms with E-state index in [1.54, 1.807) is 4.40 Å². The third-order valence-corrected chi connectivity index (χ3v) is 4.12. The molecule has 2 aromatic heterocycles. The van der Waals surface area contributed by atoms with E-state index >= 15 is 0 Å². The van der Waals surface area contributed by atoms with Crippen LogP contribution in [0.4, 0.5) is 10.1 Å². The number of rotatable bonds is 3. The van der Waals surface area contributed by atoms with Crippen LogP contribution in [0, 0.1) is 12.7 Å². The van der Waals surface area contributed by atoms with Crippen LogP contribution in [-0.2, 0) is 6.42 Å². The molecule has 0 aliphatic carbocycles. The van der Waals surface area contributed by atoms with Gasteiger partial charge in [0.2, 0.25) is 0 Å². The second-order valence-electron chi connectivity index (χ2n) is 5.28. The molecule has 1 N–H and O–H groups in total. The number of carbonyl (C=O) groups excluding carboxylic acids is 1. The van der Waals surface area contributed by atoms with Crippen molar-refractivity contribution in [1.29, 1.82) is 0 Å². The maximum absolute atomic E-state index is 13.0. The Hall–Kier alpha value is -2.21. The molecule has 1 aromatic carbocycles. The lowest BCUT2D eigenvalue weighted by Gasteiger charge is -2.07. The first kappa shape index (κ1) is 15.7. The van der Waals surface area contributed by atoms with Crippen LogP contribution in [0.25, 0.3) is 5.65 Å². The Morgan fingerprint density at radius 3 is 2.70 bits per heavy atom. The van der Waals surface area contributed by atoms with Gasteiger partial charge >= 0.3 is 0 Å². The van der Waals surface area contributed by atoms with Gasteiger partial charge in [0.15, 0.2) is 5.65 Å². The van der Waals surface area contributed by atoms with E-state index in [2.05, 4.69) is 26.2 Å². The molecule has 23 heavy (non-hydrogen) atoms. The Kier molecular flexibility index (Phi) is 4.17. The average Bonchev–Trinajstić information content (AvgIpc) is 2.88. The number of nitrogens with zero attached hydrogens (tertiary/aromatic N) is 2. The predicted molar refractivity (Wildman–Crippen MR) is 91.4 cm³/mol. The van der Waals surface area contributed by atoms with Crippen molar-refractivity contribution in [3.63, 3.8) is 0 Å². The van der Waals surface area contributed by atoms with E-state index in [0.29, 0.717) is 23.4 Å². The number of hydrogen-bond acceptors (Lipinski definition) is 2. The molecule has 0 unspecified atom stereocenters. The molecule has 0 fully saturated rings. The van der Waals surface area contributed by atoms with E-state index in [4.69, 9.17) is 0 Å². The number of nitrogens with one attached hydrogen (secondary N) is 1. The topological polar surface area (TPSA) is 46.4 Å². The third kappa shape index (κ3) is 2.99. The average molecular weight is 376 g/mol. The molecule has 0 bridgehead atoms. The van der Waals surface area contributed by atoms with E-state index in [9.17, 15) is 9.18 Å². The van der Waals surface area contributed by atoms with Crippen molar-refractivity contribution in [1.82, 2.24) is 9.38 Å². The molecule has 0 aliphatic rings.